The normalized spacial score (nSPS) is 13.5. The molecular weight excluding hydrogens is 242 g/mol. The second kappa shape index (κ2) is 5.61. The molecule has 0 atom stereocenters. The molecule has 0 aliphatic rings. The topological polar surface area (TPSA) is 66.4 Å². The number of aliphatic hydroxyl groups is 1. The Morgan fingerprint density at radius 3 is 2.27 bits per heavy atom. The molecule has 0 amide bonds. The van der Waals surface area contributed by atoms with E-state index >= 15 is 0 Å². The summed E-state index contributed by atoms with van der Waals surface area (Å²) in [6, 6.07) is 0. The summed E-state index contributed by atoms with van der Waals surface area (Å²) in [6.07, 6.45) is -4.06. The molecule has 0 radical (unpaired) electrons. The highest BCUT2D eigenvalue weighted by atomic mass is 32.2. The lowest BCUT2D eigenvalue weighted by molar-refractivity contribution is -0.122. The van der Waals surface area contributed by atoms with Crippen LogP contribution in [0.4, 0.5) is 17.6 Å². The van der Waals surface area contributed by atoms with Crippen LogP contribution < -0.4 is 4.72 Å². The third kappa shape index (κ3) is 5.90. The van der Waals surface area contributed by atoms with Gasteiger partial charge in [0.1, 0.15) is 0 Å². The van der Waals surface area contributed by atoms with Crippen molar-refractivity contribution in [3.63, 3.8) is 0 Å². The fraction of sp³-hybridized carbons (Fsp3) is 1.00. The van der Waals surface area contributed by atoms with Gasteiger partial charge in [-0.1, -0.05) is 0 Å². The van der Waals surface area contributed by atoms with Crippen LogP contribution in [0.1, 0.15) is 6.42 Å². The Hall–Kier alpha value is -0.410. The first-order chi connectivity index (χ1) is 6.71. The Labute approximate surface area is 84.3 Å². The highest BCUT2D eigenvalue weighted by Crippen LogP contribution is 2.21. The average Bonchev–Trinajstić information content (AvgIpc) is 2.12. The van der Waals surface area contributed by atoms with Crippen LogP contribution in [0.2, 0.25) is 0 Å². The van der Waals surface area contributed by atoms with Gasteiger partial charge in [0.15, 0.2) is 0 Å². The Morgan fingerprint density at radius 1 is 1.33 bits per heavy atom. The summed E-state index contributed by atoms with van der Waals surface area (Å²) >= 11 is 0. The standard InChI is InChI=1S/C6H11F4NO3S/c7-5(8)6(9,10)4-11-15(13,14)3-1-2-12/h5,11-12H,1-4H2. The van der Waals surface area contributed by atoms with E-state index in [1.165, 1.54) is 4.72 Å². The van der Waals surface area contributed by atoms with Gasteiger partial charge in [-0.05, 0) is 6.42 Å². The highest BCUT2D eigenvalue weighted by molar-refractivity contribution is 7.89. The molecule has 0 aliphatic carbocycles. The van der Waals surface area contributed by atoms with Crippen molar-refractivity contribution >= 4 is 10.0 Å². The summed E-state index contributed by atoms with van der Waals surface area (Å²) in [5.41, 5.74) is 0. The summed E-state index contributed by atoms with van der Waals surface area (Å²) in [7, 11) is -4.03. The zero-order valence-corrected chi connectivity index (χ0v) is 8.41. The zero-order chi connectivity index (χ0) is 12.1. The molecule has 9 heteroatoms. The Morgan fingerprint density at radius 2 is 1.87 bits per heavy atom. The second-order valence-electron chi connectivity index (χ2n) is 2.78. The van der Waals surface area contributed by atoms with Crippen LogP contribution in [0.3, 0.4) is 0 Å². The Bertz CT molecular complexity index is 280. The number of rotatable bonds is 7. The van der Waals surface area contributed by atoms with Gasteiger partial charge < -0.3 is 5.11 Å². The van der Waals surface area contributed by atoms with Crippen LogP contribution in [-0.2, 0) is 10.0 Å². The monoisotopic (exact) mass is 253 g/mol. The third-order valence-corrected chi connectivity index (χ3v) is 2.83. The molecule has 0 aromatic carbocycles. The zero-order valence-electron chi connectivity index (χ0n) is 7.59. The molecule has 0 aromatic heterocycles. The minimum atomic E-state index is -4.38. The van der Waals surface area contributed by atoms with Gasteiger partial charge in [0, 0.05) is 6.61 Å². The maximum atomic E-state index is 12.3. The summed E-state index contributed by atoms with van der Waals surface area (Å²) in [5.74, 6) is -4.96. The molecule has 0 saturated carbocycles. The number of aliphatic hydroxyl groups excluding tert-OH is 1. The van der Waals surface area contributed by atoms with E-state index in [1.807, 2.05) is 0 Å². The number of hydrogen-bond donors (Lipinski definition) is 2. The van der Waals surface area contributed by atoms with Gasteiger partial charge in [-0.3, -0.25) is 0 Å². The predicted octanol–water partition coefficient (Wildman–Crippen LogP) is 0.189. The lowest BCUT2D eigenvalue weighted by Crippen LogP contribution is -2.42. The molecule has 0 aromatic rings. The minimum absolute atomic E-state index is 0.143. The number of hydrogen-bond acceptors (Lipinski definition) is 3. The SMILES string of the molecule is O=S(=O)(CCCO)NCC(F)(F)C(F)F. The number of alkyl halides is 4. The first-order valence-corrected chi connectivity index (χ1v) is 5.60. The maximum absolute atomic E-state index is 12.3. The van der Waals surface area contributed by atoms with Gasteiger partial charge in [0.05, 0.1) is 12.3 Å². The van der Waals surface area contributed by atoms with Crippen LogP contribution in [0, 0.1) is 0 Å². The van der Waals surface area contributed by atoms with Crippen molar-refractivity contribution < 1.29 is 31.1 Å². The van der Waals surface area contributed by atoms with Crippen LogP contribution in [0.25, 0.3) is 0 Å². The van der Waals surface area contributed by atoms with Gasteiger partial charge in [-0.2, -0.15) is 8.78 Å². The lowest BCUT2D eigenvalue weighted by Gasteiger charge is -2.15. The summed E-state index contributed by atoms with van der Waals surface area (Å²) in [5, 5.41) is 8.29. The molecule has 0 rings (SSSR count). The molecular formula is C6H11F4NO3S. The van der Waals surface area contributed by atoms with E-state index in [2.05, 4.69) is 0 Å². The molecule has 0 unspecified atom stereocenters. The van der Waals surface area contributed by atoms with Crippen molar-refractivity contribution in [2.75, 3.05) is 18.9 Å². The summed E-state index contributed by atoms with van der Waals surface area (Å²) in [4.78, 5) is 0. The largest absolute Gasteiger partial charge is 0.396 e. The van der Waals surface area contributed by atoms with Gasteiger partial charge in [0.2, 0.25) is 10.0 Å². The van der Waals surface area contributed by atoms with Gasteiger partial charge in [0.25, 0.3) is 0 Å². The van der Waals surface area contributed by atoms with Crippen molar-refractivity contribution in [2.45, 2.75) is 18.8 Å². The average molecular weight is 253 g/mol. The Balaban J connectivity index is 4.15. The van der Waals surface area contributed by atoms with Crippen LogP contribution in [0.15, 0.2) is 0 Å². The van der Waals surface area contributed by atoms with Crippen molar-refractivity contribution in [3.05, 3.63) is 0 Å². The minimum Gasteiger partial charge on any atom is -0.396 e. The molecule has 0 saturated heterocycles. The van der Waals surface area contributed by atoms with Crippen LogP contribution in [0.5, 0.6) is 0 Å². The van der Waals surface area contributed by atoms with E-state index in [0.717, 1.165) is 0 Å². The molecule has 0 spiro atoms. The molecule has 2 N–H and O–H groups in total. The predicted molar refractivity (Wildman–Crippen MR) is 44.4 cm³/mol. The fourth-order valence-electron chi connectivity index (χ4n) is 0.610. The number of sulfonamides is 1. The van der Waals surface area contributed by atoms with Crippen molar-refractivity contribution in [3.8, 4) is 0 Å². The van der Waals surface area contributed by atoms with Gasteiger partial charge >= 0.3 is 12.3 Å². The molecule has 0 fully saturated rings. The lowest BCUT2D eigenvalue weighted by atomic mass is 10.4. The molecule has 0 bridgehead atoms. The molecule has 4 nitrogen and oxygen atoms in total. The summed E-state index contributed by atoms with van der Waals surface area (Å²) < 4.78 is 70.8. The molecule has 15 heavy (non-hydrogen) atoms. The van der Waals surface area contributed by atoms with Crippen LogP contribution >= 0.6 is 0 Å². The molecule has 92 valence electrons. The second-order valence-corrected chi connectivity index (χ2v) is 4.71. The first-order valence-electron chi connectivity index (χ1n) is 3.95. The summed E-state index contributed by atoms with van der Waals surface area (Å²) in [6.45, 7) is -2.06. The van der Waals surface area contributed by atoms with E-state index in [0.29, 0.717) is 0 Å². The van der Waals surface area contributed by atoms with Crippen molar-refractivity contribution in [1.29, 1.82) is 0 Å². The third-order valence-electron chi connectivity index (χ3n) is 1.42. The highest BCUT2D eigenvalue weighted by Gasteiger charge is 2.41. The van der Waals surface area contributed by atoms with E-state index in [4.69, 9.17) is 5.11 Å². The van der Waals surface area contributed by atoms with E-state index in [1.54, 1.807) is 0 Å². The van der Waals surface area contributed by atoms with E-state index in [-0.39, 0.29) is 6.42 Å². The number of nitrogens with one attached hydrogen (secondary N) is 1. The van der Waals surface area contributed by atoms with Gasteiger partial charge in [-0.15, -0.1) is 0 Å². The van der Waals surface area contributed by atoms with E-state index < -0.39 is 41.3 Å². The smallest absolute Gasteiger partial charge is 0.320 e. The number of halogens is 4. The van der Waals surface area contributed by atoms with Crippen LogP contribution in [-0.4, -0.2) is 44.8 Å². The Kier molecular flexibility index (Phi) is 5.46. The van der Waals surface area contributed by atoms with Crippen molar-refractivity contribution in [2.24, 2.45) is 0 Å². The molecule has 0 heterocycles. The first kappa shape index (κ1) is 14.6. The quantitative estimate of drug-likeness (QED) is 0.636. The maximum Gasteiger partial charge on any atom is 0.320 e. The fourth-order valence-corrected chi connectivity index (χ4v) is 1.68. The van der Waals surface area contributed by atoms with E-state index in [9.17, 15) is 26.0 Å². The van der Waals surface area contributed by atoms with Gasteiger partial charge in [-0.25, -0.2) is 21.9 Å². The van der Waals surface area contributed by atoms with Crippen molar-refractivity contribution in [1.82, 2.24) is 4.72 Å². The molecule has 0 aliphatic heterocycles.